The molecule has 0 aliphatic rings. The smallest absolute Gasteiger partial charge is 0.325 e. The molecule has 3 unspecified atom stereocenters. The van der Waals surface area contributed by atoms with E-state index >= 15 is 0 Å². The zero-order valence-electron chi connectivity index (χ0n) is 12.0. The second kappa shape index (κ2) is 7.98. The molecule has 17 heavy (non-hydrogen) atoms. The molecule has 0 radical (unpaired) electrons. The third-order valence-corrected chi connectivity index (χ3v) is 4.37. The highest BCUT2D eigenvalue weighted by Crippen LogP contribution is 2.27. The maximum Gasteiger partial charge on any atom is 0.325 e. The molecule has 0 aliphatic carbocycles. The van der Waals surface area contributed by atoms with Crippen LogP contribution in [0.5, 0.6) is 0 Å². The SMILES string of the molecule is CCNC(C)(CC(C)SC(C)CC)C(=O)OC. The summed E-state index contributed by atoms with van der Waals surface area (Å²) < 4.78 is 4.89. The van der Waals surface area contributed by atoms with Gasteiger partial charge in [-0.15, -0.1) is 0 Å². The van der Waals surface area contributed by atoms with Crippen molar-refractivity contribution in [2.45, 2.75) is 63.5 Å². The van der Waals surface area contributed by atoms with Crippen LogP contribution < -0.4 is 5.32 Å². The monoisotopic (exact) mass is 261 g/mol. The molecule has 0 bridgehead atoms. The Kier molecular flexibility index (Phi) is 7.88. The lowest BCUT2D eigenvalue weighted by Gasteiger charge is -2.30. The largest absolute Gasteiger partial charge is 0.468 e. The van der Waals surface area contributed by atoms with Crippen molar-refractivity contribution in [2.75, 3.05) is 13.7 Å². The first kappa shape index (κ1) is 16.8. The van der Waals surface area contributed by atoms with Crippen molar-refractivity contribution in [3.05, 3.63) is 0 Å². The second-order valence-corrected chi connectivity index (χ2v) is 6.61. The Morgan fingerprint density at radius 3 is 2.35 bits per heavy atom. The highest BCUT2D eigenvalue weighted by atomic mass is 32.2. The summed E-state index contributed by atoms with van der Waals surface area (Å²) in [5.41, 5.74) is -0.566. The summed E-state index contributed by atoms with van der Waals surface area (Å²) in [6.07, 6.45) is 1.95. The van der Waals surface area contributed by atoms with E-state index in [1.807, 2.05) is 25.6 Å². The van der Waals surface area contributed by atoms with Crippen molar-refractivity contribution in [1.82, 2.24) is 5.32 Å². The number of hydrogen-bond donors (Lipinski definition) is 1. The van der Waals surface area contributed by atoms with E-state index in [1.165, 1.54) is 7.11 Å². The van der Waals surface area contributed by atoms with Gasteiger partial charge in [-0.05, 0) is 26.3 Å². The lowest BCUT2D eigenvalue weighted by atomic mass is 9.96. The lowest BCUT2D eigenvalue weighted by Crippen LogP contribution is -2.51. The number of thioether (sulfide) groups is 1. The Hall–Kier alpha value is -0.220. The molecular formula is C13H27NO2S. The molecule has 102 valence electrons. The number of carbonyl (C=O) groups excluding carboxylic acids is 1. The second-order valence-electron chi connectivity index (χ2n) is 4.72. The van der Waals surface area contributed by atoms with Crippen LogP contribution in [-0.4, -0.2) is 35.7 Å². The van der Waals surface area contributed by atoms with Gasteiger partial charge in [-0.25, -0.2) is 0 Å². The van der Waals surface area contributed by atoms with Crippen LogP contribution in [0, 0.1) is 0 Å². The van der Waals surface area contributed by atoms with Crippen molar-refractivity contribution in [3.63, 3.8) is 0 Å². The first-order valence-electron chi connectivity index (χ1n) is 6.38. The van der Waals surface area contributed by atoms with E-state index in [0.717, 1.165) is 19.4 Å². The quantitative estimate of drug-likeness (QED) is 0.682. The highest BCUT2D eigenvalue weighted by molar-refractivity contribution is 8.00. The number of rotatable bonds is 8. The third kappa shape index (κ3) is 5.77. The first-order chi connectivity index (χ1) is 7.89. The van der Waals surface area contributed by atoms with Gasteiger partial charge in [0.1, 0.15) is 5.54 Å². The number of likely N-dealkylation sites (N-methyl/N-ethyl adjacent to an activating group) is 1. The number of hydrogen-bond acceptors (Lipinski definition) is 4. The first-order valence-corrected chi connectivity index (χ1v) is 7.32. The molecule has 3 nitrogen and oxygen atoms in total. The van der Waals surface area contributed by atoms with Crippen LogP contribution in [-0.2, 0) is 9.53 Å². The standard InChI is InChI=1S/C13H27NO2S/c1-7-10(3)17-11(4)9-13(5,14-8-2)12(15)16-6/h10-11,14H,7-9H2,1-6H3. The van der Waals surface area contributed by atoms with E-state index in [1.54, 1.807) is 0 Å². The van der Waals surface area contributed by atoms with Crippen LogP contribution in [0.1, 0.15) is 47.5 Å². The molecule has 0 saturated heterocycles. The predicted octanol–water partition coefficient (Wildman–Crippen LogP) is 2.84. The van der Waals surface area contributed by atoms with Crippen molar-refractivity contribution >= 4 is 17.7 Å². The van der Waals surface area contributed by atoms with E-state index < -0.39 is 5.54 Å². The fraction of sp³-hybridized carbons (Fsp3) is 0.923. The predicted molar refractivity (Wildman–Crippen MR) is 75.5 cm³/mol. The zero-order valence-corrected chi connectivity index (χ0v) is 12.8. The summed E-state index contributed by atoms with van der Waals surface area (Å²) in [7, 11) is 1.45. The Morgan fingerprint density at radius 2 is 1.94 bits per heavy atom. The molecule has 0 aromatic heterocycles. The van der Waals surface area contributed by atoms with Gasteiger partial charge in [0, 0.05) is 10.5 Å². The summed E-state index contributed by atoms with van der Waals surface area (Å²) >= 11 is 1.93. The van der Waals surface area contributed by atoms with Gasteiger partial charge < -0.3 is 10.1 Å². The van der Waals surface area contributed by atoms with Crippen LogP contribution in [0.2, 0.25) is 0 Å². The Morgan fingerprint density at radius 1 is 1.35 bits per heavy atom. The van der Waals surface area contributed by atoms with Crippen LogP contribution in [0.4, 0.5) is 0 Å². The summed E-state index contributed by atoms with van der Waals surface area (Å²) in [5, 5.41) is 4.31. The molecule has 0 heterocycles. The van der Waals surface area contributed by atoms with Gasteiger partial charge in [-0.3, -0.25) is 4.79 Å². The fourth-order valence-corrected chi connectivity index (χ4v) is 3.37. The maximum absolute atomic E-state index is 11.8. The van der Waals surface area contributed by atoms with Gasteiger partial charge in [0.05, 0.1) is 7.11 Å². The lowest BCUT2D eigenvalue weighted by molar-refractivity contribution is -0.148. The number of ether oxygens (including phenoxy) is 1. The third-order valence-electron chi connectivity index (χ3n) is 2.94. The minimum absolute atomic E-state index is 0.170. The molecule has 4 heteroatoms. The van der Waals surface area contributed by atoms with Crippen LogP contribution in [0.3, 0.4) is 0 Å². The average molecular weight is 261 g/mol. The molecule has 3 atom stereocenters. The number of methoxy groups -OCH3 is 1. The summed E-state index contributed by atoms with van der Waals surface area (Å²) in [6, 6.07) is 0. The minimum Gasteiger partial charge on any atom is -0.468 e. The molecular weight excluding hydrogens is 234 g/mol. The maximum atomic E-state index is 11.8. The van der Waals surface area contributed by atoms with Gasteiger partial charge >= 0.3 is 5.97 Å². The highest BCUT2D eigenvalue weighted by Gasteiger charge is 2.35. The van der Waals surface area contributed by atoms with E-state index in [9.17, 15) is 4.79 Å². The molecule has 0 spiro atoms. The molecule has 0 fully saturated rings. The molecule has 0 aliphatic heterocycles. The Bertz CT molecular complexity index is 235. The molecule has 0 rings (SSSR count). The van der Waals surface area contributed by atoms with Crippen molar-refractivity contribution < 1.29 is 9.53 Å². The van der Waals surface area contributed by atoms with Gasteiger partial charge in [0.2, 0.25) is 0 Å². The molecule has 0 aromatic carbocycles. The average Bonchev–Trinajstić information content (AvgIpc) is 2.27. The normalized spacial score (nSPS) is 18.2. The Labute approximate surface area is 110 Å². The Balaban J connectivity index is 4.48. The summed E-state index contributed by atoms with van der Waals surface area (Å²) in [5.74, 6) is -0.170. The van der Waals surface area contributed by atoms with Crippen molar-refractivity contribution in [2.24, 2.45) is 0 Å². The zero-order chi connectivity index (χ0) is 13.5. The van der Waals surface area contributed by atoms with Gasteiger partial charge in [-0.1, -0.05) is 27.7 Å². The molecule has 0 aromatic rings. The van der Waals surface area contributed by atoms with Gasteiger partial charge in [0.15, 0.2) is 0 Å². The van der Waals surface area contributed by atoms with Crippen LogP contribution in [0.25, 0.3) is 0 Å². The summed E-state index contributed by atoms with van der Waals surface area (Å²) in [6.45, 7) is 11.3. The van der Waals surface area contributed by atoms with E-state index in [4.69, 9.17) is 4.74 Å². The van der Waals surface area contributed by atoms with E-state index in [-0.39, 0.29) is 5.97 Å². The van der Waals surface area contributed by atoms with Crippen LogP contribution >= 0.6 is 11.8 Å². The summed E-state index contributed by atoms with van der Waals surface area (Å²) in [4.78, 5) is 11.8. The molecule has 0 saturated carbocycles. The topological polar surface area (TPSA) is 38.3 Å². The van der Waals surface area contributed by atoms with Crippen molar-refractivity contribution in [1.29, 1.82) is 0 Å². The van der Waals surface area contributed by atoms with Gasteiger partial charge in [-0.2, -0.15) is 11.8 Å². The molecule has 1 N–H and O–H groups in total. The number of carbonyl (C=O) groups is 1. The minimum atomic E-state index is -0.566. The van der Waals surface area contributed by atoms with Crippen LogP contribution in [0.15, 0.2) is 0 Å². The van der Waals surface area contributed by atoms with Crippen molar-refractivity contribution in [3.8, 4) is 0 Å². The number of nitrogens with one attached hydrogen (secondary N) is 1. The fourth-order valence-electron chi connectivity index (χ4n) is 1.96. The van der Waals surface area contributed by atoms with Gasteiger partial charge in [0.25, 0.3) is 0 Å². The number of esters is 1. The van der Waals surface area contributed by atoms with E-state index in [0.29, 0.717) is 10.5 Å². The molecule has 0 amide bonds. The van der Waals surface area contributed by atoms with E-state index in [2.05, 4.69) is 26.1 Å².